The fourth-order valence-electron chi connectivity index (χ4n) is 4.02. The van der Waals surface area contributed by atoms with Crippen LogP contribution in [0.2, 0.25) is 5.02 Å². The highest BCUT2D eigenvalue weighted by Crippen LogP contribution is 2.38. The third-order valence-corrected chi connectivity index (χ3v) is 5.78. The molecule has 1 aliphatic carbocycles. The highest BCUT2D eigenvalue weighted by molar-refractivity contribution is 6.32. The maximum Gasteiger partial charge on any atom is 0.195 e. The first-order chi connectivity index (χ1) is 14.5. The molecule has 0 atom stereocenters. The largest absolute Gasteiger partial charge is 0.289 e. The molecule has 2 nitrogen and oxygen atoms in total. The van der Waals surface area contributed by atoms with Gasteiger partial charge >= 0.3 is 0 Å². The average molecular weight is 409 g/mol. The smallest absolute Gasteiger partial charge is 0.195 e. The molecule has 0 saturated carbocycles. The van der Waals surface area contributed by atoms with E-state index in [4.69, 9.17) is 11.6 Å². The van der Waals surface area contributed by atoms with E-state index < -0.39 is 0 Å². The van der Waals surface area contributed by atoms with Gasteiger partial charge in [0.1, 0.15) is 0 Å². The van der Waals surface area contributed by atoms with Gasteiger partial charge in [0.25, 0.3) is 0 Å². The molecule has 4 aromatic rings. The van der Waals surface area contributed by atoms with Crippen molar-refractivity contribution in [3.8, 4) is 22.3 Å². The van der Waals surface area contributed by atoms with Crippen molar-refractivity contribution < 1.29 is 9.59 Å². The molecule has 30 heavy (non-hydrogen) atoms. The molecule has 0 saturated heterocycles. The van der Waals surface area contributed by atoms with Gasteiger partial charge in [-0.15, -0.1) is 0 Å². The van der Waals surface area contributed by atoms with Crippen LogP contribution in [-0.4, -0.2) is 11.6 Å². The maximum absolute atomic E-state index is 13.4. The fourth-order valence-corrected chi connectivity index (χ4v) is 4.21. The van der Waals surface area contributed by atoms with Crippen LogP contribution in [0.15, 0.2) is 84.9 Å². The van der Waals surface area contributed by atoms with E-state index in [-0.39, 0.29) is 11.6 Å². The minimum atomic E-state index is -0.134. The number of hydrogen-bond acceptors (Lipinski definition) is 2. The van der Waals surface area contributed by atoms with Crippen molar-refractivity contribution in [2.45, 2.75) is 6.92 Å². The van der Waals surface area contributed by atoms with E-state index >= 15 is 0 Å². The normalized spacial score (nSPS) is 12.5. The van der Waals surface area contributed by atoms with E-state index in [1.165, 1.54) is 0 Å². The van der Waals surface area contributed by atoms with Gasteiger partial charge in [-0.2, -0.15) is 0 Å². The predicted octanol–water partition coefficient (Wildman–Crippen LogP) is 6.76. The lowest BCUT2D eigenvalue weighted by molar-refractivity contribution is 0.0979. The molecular weight excluding hydrogens is 392 g/mol. The van der Waals surface area contributed by atoms with Gasteiger partial charge in [-0.05, 0) is 53.4 Å². The van der Waals surface area contributed by atoms with Gasteiger partial charge in [-0.3, -0.25) is 9.59 Å². The Balaban J connectivity index is 1.83. The van der Waals surface area contributed by atoms with Crippen molar-refractivity contribution in [1.82, 2.24) is 0 Å². The number of carbonyl (C=O) groups is 2. The monoisotopic (exact) mass is 408 g/mol. The molecule has 0 aliphatic heterocycles. The topological polar surface area (TPSA) is 34.1 Å². The number of benzene rings is 4. The lowest BCUT2D eigenvalue weighted by Crippen LogP contribution is -2.22. The molecule has 0 bridgehead atoms. The first-order valence-electron chi connectivity index (χ1n) is 9.72. The lowest BCUT2D eigenvalue weighted by atomic mass is 9.79. The summed E-state index contributed by atoms with van der Waals surface area (Å²) in [6.07, 6.45) is 0. The van der Waals surface area contributed by atoms with Crippen molar-refractivity contribution in [3.63, 3.8) is 0 Å². The Labute approximate surface area is 179 Å². The number of carbonyl (C=O) groups excluding carboxylic acids is 2. The molecule has 0 heterocycles. The highest BCUT2D eigenvalue weighted by Gasteiger charge is 2.32. The van der Waals surface area contributed by atoms with Crippen molar-refractivity contribution in [1.29, 1.82) is 0 Å². The molecule has 0 spiro atoms. The molecule has 0 radical (unpaired) electrons. The quantitative estimate of drug-likeness (QED) is 0.323. The van der Waals surface area contributed by atoms with E-state index in [1.807, 2.05) is 61.5 Å². The van der Waals surface area contributed by atoms with Gasteiger partial charge in [-0.25, -0.2) is 0 Å². The van der Waals surface area contributed by atoms with Gasteiger partial charge < -0.3 is 0 Å². The standard InChI is InChI=1S/C27H17ClO2/c1-16-9-11-17(12-10-16)19-14-23(18-5-4-6-20(28)13-18)25-24(15-19)26(29)21-7-2-3-8-22(21)27(25)30/h2-15H,1H3. The van der Waals surface area contributed by atoms with Gasteiger partial charge in [0.05, 0.1) is 0 Å². The summed E-state index contributed by atoms with van der Waals surface area (Å²) in [5.41, 5.74) is 6.35. The third kappa shape index (κ3) is 2.97. The Morgan fingerprint density at radius 3 is 1.93 bits per heavy atom. The van der Waals surface area contributed by atoms with Crippen LogP contribution in [0.25, 0.3) is 22.3 Å². The van der Waals surface area contributed by atoms with E-state index in [0.29, 0.717) is 27.3 Å². The third-order valence-electron chi connectivity index (χ3n) is 5.55. The Morgan fingerprint density at radius 1 is 0.567 bits per heavy atom. The number of ketones is 2. The lowest BCUT2D eigenvalue weighted by Gasteiger charge is -2.22. The number of rotatable bonds is 2. The van der Waals surface area contributed by atoms with E-state index in [2.05, 4.69) is 0 Å². The summed E-state index contributed by atoms with van der Waals surface area (Å²) in [7, 11) is 0. The second-order valence-corrected chi connectivity index (χ2v) is 7.96. The number of hydrogen-bond donors (Lipinski definition) is 0. The SMILES string of the molecule is Cc1ccc(-c2cc3c(c(-c4cccc(Cl)c4)c2)C(=O)c2ccccc2C3=O)cc1. The van der Waals surface area contributed by atoms with Crippen LogP contribution in [0, 0.1) is 6.92 Å². The first-order valence-corrected chi connectivity index (χ1v) is 10.1. The molecule has 0 aromatic heterocycles. The van der Waals surface area contributed by atoms with Crippen molar-refractivity contribution in [2.24, 2.45) is 0 Å². The summed E-state index contributed by atoms with van der Waals surface area (Å²) in [6, 6.07) is 26.4. The van der Waals surface area contributed by atoms with E-state index in [0.717, 1.165) is 27.8 Å². The zero-order chi connectivity index (χ0) is 20.8. The fraction of sp³-hybridized carbons (Fsp3) is 0.0370. The summed E-state index contributed by atoms with van der Waals surface area (Å²) in [6.45, 7) is 2.03. The van der Waals surface area contributed by atoms with Crippen LogP contribution in [0.5, 0.6) is 0 Å². The Bertz CT molecular complexity index is 1330. The van der Waals surface area contributed by atoms with Gasteiger partial charge in [0, 0.05) is 27.3 Å². The Kier molecular flexibility index (Phi) is 4.38. The molecule has 0 fully saturated rings. The molecule has 5 rings (SSSR count). The number of aryl methyl sites for hydroxylation is 1. The number of fused-ring (bicyclic) bond motifs is 2. The summed E-state index contributed by atoms with van der Waals surface area (Å²) in [5, 5.41) is 0.581. The van der Waals surface area contributed by atoms with Crippen LogP contribution in [-0.2, 0) is 0 Å². The minimum Gasteiger partial charge on any atom is -0.289 e. The Hall–Kier alpha value is -3.49. The Morgan fingerprint density at radius 2 is 1.23 bits per heavy atom. The molecule has 144 valence electrons. The molecule has 3 heteroatoms. The second kappa shape index (κ2) is 7.08. The summed E-state index contributed by atoms with van der Waals surface area (Å²) < 4.78 is 0. The van der Waals surface area contributed by atoms with Gasteiger partial charge in [0.2, 0.25) is 0 Å². The van der Waals surface area contributed by atoms with Crippen molar-refractivity contribution in [2.75, 3.05) is 0 Å². The average Bonchev–Trinajstić information content (AvgIpc) is 2.77. The van der Waals surface area contributed by atoms with Crippen molar-refractivity contribution in [3.05, 3.63) is 118 Å². The molecule has 1 aliphatic rings. The highest BCUT2D eigenvalue weighted by atomic mass is 35.5. The molecule has 0 N–H and O–H groups in total. The van der Waals surface area contributed by atoms with Gasteiger partial charge in [-0.1, -0.05) is 77.8 Å². The minimum absolute atomic E-state index is 0.127. The molecule has 4 aromatic carbocycles. The van der Waals surface area contributed by atoms with Crippen LogP contribution >= 0.6 is 11.6 Å². The van der Waals surface area contributed by atoms with E-state index in [9.17, 15) is 9.59 Å². The van der Waals surface area contributed by atoms with Crippen LogP contribution < -0.4 is 0 Å². The zero-order valence-electron chi connectivity index (χ0n) is 16.3. The van der Waals surface area contributed by atoms with Crippen LogP contribution in [0.4, 0.5) is 0 Å². The predicted molar refractivity (Wildman–Crippen MR) is 120 cm³/mol. The zero-order valence-corrected chi connectivity index (χ0v) is 17.0. The summed E-state index contributed by atoms with van der Waals surface area (Å²) >= 11 is 6.25. The molecular formula is C27H17ClO2. The van der Waals surface area contributed by atoms with E-state index in [1.54, 1.807) is 30.3 Å². The summed E-state index contributed by atoms with van der Waals surface area (Å²) in [4.78, 5) is 26.8. The summed E-state index contributed by atoms with van der Waals surface area (Å²) in [5.74, 6) is -0.261. The second-order valence-electron chi connectivity index (χ2n) is 7.53. The number of halogens is 1. The van der Waals surface area contributed by atoms with Crippen molar-refractivity contribution >= 4 is 23.2 Å². The van der Waals surface area contributed by atoms with Gasteiger partial charge in [0.15, 0.2) is 11.6 Å². The molecule has 0 unspecified atom stereocenters. The van der Waals surface area contributed by atoms with Crippen LogP contribution in [0.3, 0.4) is 0 Å². The first kappa shape index (κ1) is 18.5. The van der Waals surface area contributed by atoms with Crippen LogP contribution in [0.1, 0.15) is 37.4 Å². The maximum atomic E-state index is 13.4. The molecule has 0 amide bonds.